The van der Waals surface area contributed by atoms with Crippen LogP contribution in [-0.2, 0) is 9.59 Å². The summed E-state index contributed by atoms with van der Waals surface area (Å²) in [6, 6.07) is 3.41. The number of carbonyl (C=O) groups is 2. The van der Waals surface area contributed by atoms with Crippen LogP contribution in [0.3, 0.4) is 0 Å². The second-order valence-electron chi connectivity index (χ2n) is 3.96. The Morgan fingerprint density at radius 3 is 2.68 bits per heavy atom. The van der Waals surface area contributed by atoms with Gasteiger partial charge in [0.15, 0.2) is 0 Å². The third-order valence-corrected chi connectivity index (χ3v) is 3.14. The number of aliphatic carboxylic acids is 1. The molecule has 0 bridgehead atoms. The van der Waals surface area contributed by atoms with Crippen molar-refractivity contribution in [2.75, 3.05) is 7.05 Å². The fourth-order valence-electron chi connectivity index (χ4n) is 1.28. The van der Waals surface area contributed by atoms with Gasteiger partial charge in [0.2, 0.25) is 5.91 Å². The maximum atomic E-state index is 13.4. The predicted molar refractivity (Wildman–Crippen MR) is 73.0 cm³/mol. The number of hydrogen-bond donors (Lipinski definition) is 1. The van der Waals surface area contributed by atoms with E-state index in [0.717, 1.165) is 11.0 Å². The molecular formula is C13H13BrFNO3. The Morgan fingerprint density at radius 2 is 2.11 bits per heavy atom. The molecule has 0 radical (unpaired) electrons. The number of halogens is 2. The number of likely N-dealkylation sites (N-methyl/N-ethyl adjacent to an activating group) is 1. The van der Waals surface area contributed by atoms with Crippen molar-refractivity contribution in [1.29, 1.82) is 0 Å². The Kier molecular flexibility index (Phi) is 5.23. The second-order valence-corrected chi connectivity index (χ2v) is 4.88. The lowest BCUT2D eigenvalue weighted by Crippen LogP contribution is -2.39. The third kappa shape index (κ3) is 4.17. The zero-order chi connectivity index (χ0) is 14.6. The van der Waals surface area contributed by atoms with Crippen LogP contribution in [0.5, 0.6) is 0 Å². The van der Waals surface area contributed by atoms with E-state index < -0.39 is 23.7 Å². The Morgan fingerprint density at radius 1 is 1.47 bits per heavy atom. The van der Waals surface area contributed by atoms with Crippen molar-refractivity contribution in [3.63, 3.8) is 0 Å². The molecule has 0 aliphatic rings. The minimum Gasteiger partial charge on any atom is -0.480 e. The number of nitrogens with zero attached hydrogens (tertiary/aromatic N) is 1. The van der Waals surface area contributed by atoms with Crippen molar-refractivity contribution in [2.24, 2.45) is 0 Å². The molecule has 0 spiro atoms. The van der Waals surface area contributed by atoms with E-state index in [1.165, 1.54) is 32.2 Å². The topological polar surface area (TPSA) is 57.6 Å². The molecule has 0 fully saturated rings. The van der Waals surface area contributed by atoms with Crippen molar-refractivity contribution >= 4 is 33.9 Å². The normalized spacial score (nSPS) is 12.4. The predicted octanol–water partition coefficient (Wildman–Crippen LogP) is 2.53. The zero-order valence-corrected chi connectivity index (χ0v) is 12.0. The minimum atomic E-state index is -1.10. The van der Waals surface area contributed by atoms with Gasteiger partial charge < -0.3 is 10.0 Å². The molecule has 0 aromatic heterocycles. The molecule has 1 rings (SSSR count). The van der Waals surface area contributed by atoms with E-state index in [1.807, 2.05) is 0 Å². The highest BCUT2D eigenvalue weighted by atomic mass is 79.9. The van der Waals surface area contributed by atoms with E-state index in [-0.39, 0.29) is 5.56 Å². The SMILES string of the molecule is CC(C(=O)O)N(C)C(=O)/C=C/c1cc(Br)ccc1F. The molecule has 6 heteroatoms. The Bertz CT molecular complexity index is 531. The molecule has 4 nitrogen and oxygen atoms in total. The van der Waals surface area contributed by atoms with Crippen molar-refractivity contribution in [1.82, 2.24) is 4.90 Å². The lowest BCUT2D eigenvalue weighted by molar-refractivity contribution is -0.146. The Labute approximate surface area is 118 Å². The fourth-order valence-corrected chi connectivity index (χ4v) is 1.66. The van der Waals surface area contributed by atoms with Crippen molar-refractivity contribution < 1.29 is 19.1 Å². The van der Waals surface area contributed by atoms with Gasteiger partial charge in [0.1, 0.15) is 11.9 Å². The fraction of sp³-hybridized carbons (Fsp3) is 0.231. The van der Waals surface area contributed by atoms with Crippen LogP contribution < -0.4 is 0 Å². The molecule has 1 N–H and O–H groups in total. The molecule has 0 heterocycles. The second kappa shape index (κ2) is 6.47. The van der Waals surface area contributed by atoms with Crippen LogP contribution in [0.2, 0.25) is 0 Å². The average Bonchev–Trinajstić information content (AvgIpc) is 2.37. The molecule has 0 saturated heterocycles. The summed E-state index contributed by atoms with van der Waals surface area (Å²) < 4.78 is 14.1. The lowest BCUT2D eigenvalue weighted by atomic mass is 10.2. The highest BCUT2D eigenvalue weighted by Gasteiger charge is 2.19. The van der Waals surface area contributed by atoms with E-state index in [1.54, 1.807) is 6.07 Å². The van der Waals surface area contributed by atoms with E-state index in [9.17, 15) is 14.0 Å². The van der Waals surface area contributed by atoms with Gasteiger partial charge >= 0.3 is 5.97 Å². The summed E-state index contributed by atoms with van der Waals surface area (Å²) in [5, 5.41) is 8.78. The van der Waals surface area contributed by atoms with E-state index in [0.29, 0.717) is 4.47 Å². The number of hydrogen-bond acceptors (Lipinski definition) is 2. The van der Waals surface area contributed by atoms with Gasteiger partial charge in [0.05, 0.1) is 0 Å². The molecule has 1 aromatic rings. The van der Waals surface area contributed by atoms with Gasteiger partial charge in [-0.1, -0.05) is 15.9 Å². The molecular weight excluding hydrogens is 317 g/mol. The van der Waals surface area contributed by atoms with Crippen LogP contribution in [0.4, 0.5) is 4.39 Å². The van der Waals surface area contributed by atoms with Crippen LogP contribution in [0.15, 0.2) is 28.7 Å². The van der Waals surface area contributed by atoms with Crippen LogP contribution in [0, 0.1) is 5.82 Å². The van der Waals surface area contributed by atoms with Gasteiger partial charge in [0.25, 0.3) is 0 Å². The molecule has 1 amide bonds. The summed E-state index contributed by atoms with van der Waals surface area (Å²) >= 11 is 3.20. The monoisotopic (exact) mass is 329 g/mol. The first-order valence-corrected chi connectivity index (χ1v) is 6.25. The smallest absolute Gasteiger partial charge is 0.326 e. The number of amides is 1. The third-order valence-electron chi connectivity index (χ3n) is 2.65. The number of benzene rings is 1. The molecule has 102 valence electrons. The van der Waals surface area contributed by atoms with Crippen molar-refractivity contribution in [3.05, 3.63) is 40.1 Å². The summed E-state index contributed by atoms with van der Waals surface area (Å²) in [5.74, 6) is -2.06. The van der Waals surface area contributed by atoms with E-state index in [4.69, 9.17) is 5.11 Å². The molecule has 1 aromatic carbocycles. The summed E-state index contributed by atoms with van der Waals surface area (Å²) in [5.41, 5.74) is 0.249. The highest BCUT2D eigenvalue weighted by molar-refractivity contribution is 9.10. The van der Waals surface area contributed by atoms with Gasteiger partial charge in [-0.2, -0.15) is 0 Å². The first-order chi connectivity index (χ1) is 8.82. The summed E-state index contributed by atoms with van der Waals surface area (Å²) in [4.78, 5) is 23.5. The first-order valence-electron chi connectivity index (χ1n) is 5.45. The van der Waals surface area contributed by atoms with Gasteiger partial charge in [0, 0.05) is 23.2 Å². The average molecular weight is 330 g/mol. The number of carboxylic acids is 1. The maximum Gasteiger partial charge on any atom is 0.326 e. The van der Waals surface area contributed by atoms with Gasteiger partial charge in [-0.3, -0.25) is 4.79 Å². The van der Waals surface area contributed by atoms with Gasteiger partial charge in [-0.25, -0.2) is 9.18 Å². The van der Waals surface area contributed by atoms with Crippen LogP contribution >= 0.6 is 15.9 Å². The molecule has 1 atom stereocenters. The highest BCUT2D eigenvalue weighted by Crippen LogP contribution is 2.16. The molecule has 0 aliphatic carbocycles. The van der Waals surface area contributed by atoms with Crippen LogP contribution in [0.25, 0.3) is 6.08 Å². The van der Waals surface area contributed by atoms with E-state index >= 15 is 0 Å². The summed E-state index contributed by atoms with van der Waals surface area (Å²) in [7, 11) is 1.38. The first kappa shape index (κ1) is 15.4. The number of carbonyl (C=O) groups excluding carboxylic acids is 1. The van der Waals surface area contributed by atoms with E-state index in [2.05, 4.69) is 15.9 Å². The standard InChI is InChI=1S/C13H13BrFNO3/c1-8(13(18)19)16(2)12(17)6-3-9-7-10(14)4-5-11(9)15/h3-8H,1-2H3,(H,18,19)/b6-3+. The van der Waals surface area contributed by atoms with Crippen molar-refractivity contribution in [3.8, 4) is 0 Å². The zero-order valence-electron chi connectivity index (χ0n) is 10.4. The molecule has 0 saturated carbocycles. The molecule has 19 heavy (non-hydrogen) atoms. The Balaban J connectivity index is 2.84. The number of rotatable bonds is 4. The van der Waals surface area contributed by atoms with Crippen molar-refractivity contribution in [2.45, 2.75) is 13.0 Å². The van der Waals surface area contributed by atoms with Gasteiger partial charge in [-0.15, -0.1) is 0 Å². The van der Waals surface area contributed by atoms with Crippen LogP contribution in [-0.4, -0.2) is 35.0 Å². The maximum absolute atomic E-state index is 13.4. The molecule has 0 aliphatic heterocycles. The van der Waals surface area contributed by atoms with Crippen LogP contribution in [0.1, 0.15) is 12.5 Å². The molecule has 1 unspecified atom stereocenters. The summed E-state index contributed by atoms with van der Waals surface area (Å²) in [6.45, 7) is 1.40. The lowest BCUT2D eigenvalue weighted by Gasteiger charge is -2.19. The number of carboxylic acid groups (broad SMARTS) is 1. The van der Waals surface area contributed by atoms with Gasteiger partial charge in [-0.05, 0) is 31.2 Å². The minimum absolute atomic E-state index is 0.249. The quantitative estimate of drug-likeness (QED) is 0.863. The Hall–Kier alpha value is -1.69. The summed E-state index contributed by atoms with van der Waals surface area (Å²) in [6.07, 6.45) is 2.46. The largest absolute Gasteiger partial charge is 0.480 e.